The number of nitrogens with zero attached hydrogens (tertiary/aromatic N) is 2. The van der Waals surface area contributed by atoms with Crippen LogP contribution < -0.4 is 9.47 Å². The summed E-state index contributed by atoms with van der Waals surface area (Å²) in [4.78, 5) is 8.00. The molecule has 3 heterocycles. The van der Waals surface area contributed by atoms with Crippen molar-refractivity contribution >= 4 is 11.6 Å². The van der Waals surface area contributed by atoms with Gasteiger partial charge < -0.3 is 9.47 Å². The van der Waals surface area contributed by atoms with Gasteiger partial charge in [0.15, 0.2) is 17.6 Å². The highest BCUT2D eigenvalue weighted by Gasteiger charge is 2.65. The number of rotatable bonds is 5. The third-order valence-corrected chi connectivity index (χ3v) is 11.1. The summed E-state index contributed by atoms with van der Waals surface area (Å²) in [5, 5.41) is 0.761. The summed E-state index contributed by atoms with van der Waals surface area (Å²) in [6, 6.07) is 15.5. The Morgan fingerprint density at radius 1 is 1.03 bits per heavy atom. The topological polar surface area (TPSA) is 34.6 Å². The Morgan fingerprint density at radius 2 is 1.87 bits per heavy atom. The van der Waals surface area contributed by atoms with Crippen LogP contribution in [-0.4, -0.2) is 36.1 Å². The second-order valence-corrected chi connectivity index (χ2v) is 13.0. The summed E-state index contributed by atoms with van der Waals surface area (Å²) in [6.45, 7) is 2.39. The number of halogens is 1. The van der Waals surface area contributed by atoms with Crippen LogP contribution >= 0.6 is 11.6 Å². The van der Waals surface area contributed by atoms with Gasteiger partial charge in [0.2, 0.25) is 0 Å². The van der Waals surface area contributed by atoms with E-state index in [-0.39, 0.29) is 11.5 Å². The molecule has 3 aromatic rings. The SMILES string of the molecule is COc1ccc2c3c1O[C@H]1c4ncc(-c5ccc(Cl)cc5)cc4C[C@H]4[C@H](C2)N(CCC2CCCCC2)CC[C@]314. The molecule has 5 aliphatic rings. The largest absolute Gasteiger partial charge is 0.493 e. The second-order valence-electron chi connectivity index (χ2n) is 12.6. The molecule has 1 saturated carbocycles. The highest BCUT2D eigenvalue weighted by molar-refractivity contribution is 6.30. The maximum Gasteiger partial charge on any atom is 0.166 e. The van der Waals surface area contributed by atoms with E-state index in [1.807, 2.05) is 18.3 Å². The van der Waals surface area contributed by atoms with Gasteiger partial charge in [-0.3, -0.25) is 9.88 Å². The van der Waals surface area contributed by atoms with E-state index < -0.39 is 0 Å². The molecule has 2 fully saturated rings. The molecular weight excluding hydrogens is 504 g/mol. The fourth-order valence-corrected chi connectivity index (χ4v) is 9.13. The quantitative estimate of drug-likeness (QED) is 0.334. The highest BCUT2D eigenvalue weighted by Crippen LogP contribution is 2.67. The van der Waals surface area contributed by atoms with Gasteiger partial charge in [0.1, 0.15) is 0 Å². The number of fused-ring (bicyclic) bond motifs is 2. The van der Waals surface area contributed by atoms with Crippen LogP contribution in [0.3, 0.4) is 0 Å². The fourth-order valence-electron chi connectivity index (χ4n) is 9.00. The number of likely N-dealkylation sites (tertiary alicyclic amines) is 1. The first-order valence-electron chi connectivity index (χ1n) is 15.0. The number of hydrogen-bond acceptors (Lipinski definition) is 4. The lowest BCUT2D eigenvalue weighted by atomic mass is 9.51. The number of ether oxygens (including phenoxy) is 2. The predicted octanol–water partition coefficient (Wildman–Crippen LogP) is 7.56. The lowest BCUT2D eigenvalue weighted by Gasteiger charge is -2.58. The van der Waals surface area contributed by atoms with Gasteiger partial charge in [-0.2, -0.15) is 0 Å². The standard InChI is InChI=1S/C34H37ClN2O2/c1-38-29-12-9-23-19-28-27-18-24-17-25(22-7-10-26(35)11-8-22)20-36-31(24)33-34(27,30(23)32(29)39-33)14-16-37(28)15-13-21-5-3-2-4-6-21/h7-12,17,20-21,27-28,33H,2-6,13-16,18-19H2,1H3/t27-,28-,33-,34-/m0/s1. The van der Waals surface area contributed by atoms with E-state index in [9.17, 15) is 0 Å². The van der Waals surface area contributed by atoms with E-state index in [4.69, 9.17) is 26.1 Å². The van der Waals surface area contributed by atoms with Crippen molar-refractivity contribution in [2.24, 2.45) is 11.8 Å². The number of aromatic nitrogens is 1. The zero-order chi connectivity index (χ0) is 26.1. The van der Waals surface area contributed by atoms with Gasteiger partial charge in [0.25, 0.3) is 0 Å². The Balaban J connectivity index is 1.20. The molecular formula is C34H37ClN2O2. The minimum atomic E-state index is -0.0427. The maximum atomic E-state index is 6.96. The first-order valence-corrected chi connectivity index (χ1v) is 15.4. The summed E-state index contributed by atoms with van der Waals surface area (Å²) in [6.07, 6.45) is 13.8. The molecule has 2 aromatic carbocycles. The lowest BCUT2D eigenvalue weighted by Crippen LogP contribution is -2.63. The molecule has 1 saturated heterocycles. The molecule has 1 spiro atoms. The van der Waals surface area contributed by atoms with E-state index in [1.54, 1.807) is 7.11 Å². The van der Waals surface area contributed by atoms with Crippen molar-refractivity contribution in [2.45, 2.75) is 75.3 Å². The molecule has 2 aliphatic heterocycles. The van der Waals surface area contributed by atoms with Crippen molar-refractivity contribution in [3.63, 3.8) is 0 Å². The van der Waals surface area contributed by atoms with Crippen LogP contribution in [0.15, 0.2) is 48.7 Å². The van der Waals surface area contributed by atoms with E-state index in [2.05, 4.69) is 35.2 Å². The molecule has 4 nitrogen and oxygen atoms in total. The average molecular weight is 541 g/mol. The maximum absolute atomic E-state index is 6.96. The molecule has 39 heavy (non-hydrogen) atoms. The van der Waals surface area contributed by atoms with Gasteiger partial charge in [-0.15, -0.1) is 0 Å². The molecule has 4 atom stereocenters. The third-order valence-electron chi connectivity index (χ3n) is 10.9. The van der Waals surface area contributed by atoms with Crippen LogP contribution in [0.4, 0.5) is 0 Å². The van der Waals surface area contributed by atoms with Gasteiger partial charge in [0, 0.05) is 33.8 Å². The number of piperidine rings is 1. The summed E-state index contributed by atoms with van der Waals surface area (Å²) in [7, 11) is 1.77. The Bertz CT molecular complexity index is 1420. The third kappa shape index (κ3) is 3.63. The minimum absolute atomic E-state index is 0.00868. The molecule has 0 amide bonds. The molecule has 2 bridgehead atoms. The Kier molecular flexibility index (Phi) is 5.75. The van der Waals surface area contributed by atoms with Crippen LogP contribution in [-0.2, 0) is 18.3 Å². The number of benzene rings is 2. The molecule has 0 N–H and O–H groups in total. The van der Waals surface area contributed by atoms with Crippen molar-refractivity contribution in [1.82, 2.24) is 9.88 Å². The second kappa shape index (κ2) is 9.24. The van der Waals surface area contributed by atoms with Gasteiger partial charge >= 0.3 is 0 Å². The minimum Gasteiger partial charge on any atom is -0.493 e. The molecule has 8 rings (SSSR count). The predicted molar refractivity (Wildman–Crippen MR) is 155 cm³/mol. The van der Waals surface area contributed by atoms with Crippen LogP contribution in [0.1, 0.15) is 73.4 Å². The smallest absolute Gasteiger partial charge is 0.166 e. The van der Waals surface area contributed by atoms with Crippen molar-refractivity contribution in [1.29, 1.82) is 0 Å². The summed E-state index contributed by atoms with van der Waals surface area (Å²) in [5.41, 5.74) is 7.70. The molecule has 3 aliphatic carbocycles. The van der Waals surface area contributed by atoms with Gasteiger partial charge in [-0.05, 0) is 91.6 Å². The zero-order valence-electron chi connectivity index (χ0n) is 22.8. The fraction of sp³-hybridized carbons (Fsp3) is 0.500. The van der Waals surface area contributed by atoms with Crippen LogP contribution in [0.5, 0.6) is 11.5 Å². The normalized spacial score (nSPS) is 28.9. The van der Waals surface area contributed by atoms with Crippen LogP contribution in [0.2, 0.25) is 5.02 Å². The van der Waals surface area contributed by atoms with E-state index >= 15 is 0 Å². The molecule has 5 heteroatoms. The van der Waals surface area contributed by atoms with Crippen LogP contribution in [0, 0.1) is 11.8 Å². The monoisotopic (exact) mass is 540 g/mol. The molecule has 0 unspecified atom stereocenters. The number of hydrogen-bond donors (Lipinski definition) is 0. The Hall–Kier alpha value is -2.56. The molecule has 1 aromatic heterocycles. The summed E-state index contributed by atoms with van der Waals surface area (Å²) < 4.78 is 12.8. The highest BCUT2D eigenvalue weighted by atomic mass is 35.5. The van der Waals surface area contributed by atoms with Crippen molar-refractivity contribution in [3.05, 3.63) is 76.1 Å². The number of pyridine rings is 1. The summed E-state index contributed by atoms with van der Waals surface area (Å²) >= 11 is 6.18. The van der Waals surface area contributed by atoms with E-state index in [0.29, 0.717) is 12.0 Å². The summed E-state index contributed by atoms with van der Waals surface area (Å²) in [5.74, 6) is 3.30. The van der Waals surface area contributed by atoms with Crippen molar-refractivity contribution < 1.29 is 9.47 Å². The van der Waals surface area contributed by atoms with Gasteiger partial charge in [0.05, 0.1) is 12.8 Å². The Morgan fingerprint density at radius 3 is 2.69 bits per heavy atom. The van der Waals surface area contributed by atoms with Gasteiger partial charge in [-0.25, -0.2) is 0 Å². The van der Waals surface area contributed by atoms with Crippen LogP contribution in [0.25, 0.3) is 11.1 Å². The van der Waals surface area contributed by atoms with Crippen molar-refractivity contribution in [3.8, 4) is 22.6 Å². The molecule has 0 radical (unpaired) electrons. The van der Waals surface area contributed by atoms with Gasteiger partial charge in [-0.1, -0.05) is 61.9 Å². The average Bonchev–Trinajstić information content (AvgIpc) is 3.32. The first kappa shape index (κ1) is 24.3. The molecule has 202 valence electrons. The van der Waals surface area contributed by atoms with E-state index in [1.165, 1.54) is 61.8 Å². The van der Waals surface area contributed by atoms with E-state index in [0.717, 1.165) is 65.1 Å². The first-order chi connectivity index (χ1) is 19.2. The van der Waals surface area contributed by atoms with Crippen molar-refractivity contribution in [2.75, 3.05) is 20.2 Å². The number of methoxy groups -OCH3 is 1. The Labute approximate surface area is 236 Å². The lowest BCUT2D eigenvalue weighted by molar-refractivity contribution is -0.0382. The zero-order valence-corrected chi connectivity index (χ0v) is 23.6.